The number of hydrogen-bond donors (Lipinski definition) is 0. The fourth-order valence-electron chi connectivity index (χ4n) is 1.41. The van der Waals surface area contributed by atoms with Crippen molar-refractivity contribution >= 4 is 17.4 Å². The van der Waals surface area contributed by atoms with E-state index in [-0.39, 0.29) is 11.6 Å². The minimum absolute atomic E-state index is 0.178. The lowest BCUT2D eigenvalue weighted by molar-refractivity contribution is -0.119. The van der Waals surface area contributed by atoms with Gasteiger partial charge in [0.25, 0.3) is 0 Å². The van der Waals surface area contributed by atoms with Gasteiger partial charge in [-0.1, -0.05) is 18.5 Å². The molecule has 1 nitrogen and oxygen atoms in total. The molecule has 1 rings (SSSR count). The zero-order chi connectivity index (χ0) is 11.3. The molecule has 0 N–H and O–H groups in total. The summed E-state index contributed by atoms with van der Waals surface area (Å²) in [5.74, 6) is -0.111. The first-order chi connectivity index (χ1) is 7.13. The average Bonchev–Trinajstić information content (AvgIpc) is 2.20. The van der Waals surface area contributed by atoms with E-state index < -0.39 is 0 Å². The van der Waals surface area contributed by atoms with Crippen molar-refractivity contribution in [2.24, 2.45) is 0 Å². The van der Waals surface area contributed by atoms with Gasteiger partial charge in [0, 0.05) is 17.9 Å². The fourth-order valence-corrected chi connectivity index (χ4v) is 1.61. The van der Waals surface area contributed by atoms with Crippen molar-refractivity contribution in [2.75, 3.05) is 0 Å². The largest absolute Gasteiger partial charge is 0.300 e. The van der Waals surface area contributed by atoms with Gasteiger partial charge in [-0.15, -0.1) is 0 Å². The highest BCUT2D eigenvalue weighted by atomic mass is 35.5. The third-order valence-electron chi connectivity index (χ3n) is 2.21. The van der Waals surface area contributed by atoms with Crippen LogP contribution in [0.1, 0.15) is 31.7 Å². The van der Waals surface area contributed by atoms with Crippen LogP contribution < -0.4 is 0 Å². The average molecular weight is 229 g/mol. The van der Waals surface area contributed by atoms with E-state index in [1.165, 1.54) is 12.1 Å². The topological polar surface area (TPSA) is 17.1 Å². The molecule has 0 saturated carbocycles. The molecule has 0 bridgehead atoms. The molecule has 0 amide bonds. The molecule has 82 valence electrons. The van der Waals surface area contributed by atoms with Crippen molar-refractivity contribution in [1.29, 1.82) is 0 Å². The Labute approximate surface area is 94.3 Å². The summed E-state index contributed by atoms with van der Waals surface area (Å²) in [4.78, 5) is 11.3. The van der Waals surface area contributed by atoms with E-state index in [0.29, 0.717) is 29.8 Å². The van der Waals surface area contributed by atoms with Gasteiger partial charge in [-0.05, 0) is 36.6 Å². The van der Waals surface area contributed by atoms with Crippen LogP contribution in [0.5, 0.6) is 0 Å². The second-order valence-electron chi connectivity index (χ2n) is 3.52. The van der Waals surface area contributed by atoms with Crippen LogP contribution >= 0.6 is 11.6 Å². The molecule has 0 radical (unpaired) electrons. The smallest absolute Gasteiger partial charge is 0.133 e. The van der Waals surface area contributed by atoms with Gasteiger partial charge in [-0.25, -0.2) is 4.39 Å². The van der Waals surface area contributed by atoms with E-state index in [4.69, 9.17) is 11.6 Å². The number of aryl methyl sites for hydroxylation is 1. The molecule has 0 aliphatic heterocycles. The molecule has 0 unspecified atom stereocenters. The van der Waals surface area contributed by atoms with Gasteiger partial charge >= 0.3 is 0 Å². The van der Waals surface area contributed by atoms with Crippen molar-refractivity contribution in [2.45, 2.75) is 32.6 Å². The summed E-state index contributed by atoms with van der Waals surface area (Å²) in [5, 5.41) is 0.509. The summed E-state index contributed by atoms with van der Waals surface area (Å²) in [7, 11) is 0. The second-order valence-corrected chi connectivity index (χ2v) is 3.96. The monoisotopic (exact) mass is 228 g/mol. The summed E-state index contributed by atoms with van der Waals surface area (Å²) < 4.78 is 13.2. The normalized spacial score (nSPS) is 10.3. The van der Waals surface area contributed by atoms with Crippen molar-refractivity contribution in [3.05, 3.63) is 34.6 Å². The molecular formula is C12H14ClFO. The van der Waals surface area contributed by atoms with E-state index in [2.05, 4.69) is 0 Å². The van der Waals surface area contributed by atoms with Gasteiger partial charge in [0.1, 0.15) is 11.6 Å². The molecule has 0 fully saturated rings. The van der Waals surface area contributed by atoms with E-state index in [1.54, 1.807) is 6.07 Å². The maximum Gasteiger partial charge on any atom is 0.133 e. The minimum atomic E-state index is -0.288. The number of halogens is 2. The molecule has 1 aromatic rings. The molecule has 0 aromatic heterocycles. The van der Waals surface area contributed by atoms with Crippen molar-refractivity contribution in [3.8, 4) is 0 Å². The van der Waals surface area contributed by atoms with Crippen LogP contribution in [0.15, 0.2) is 18.2 Å². The van der Waals surface area contributed by atoms with Crippen molar-refractivity contribution in [3.63, 3.8) is 0 Å². The maximum absolute atomic E-state index is 13.2. The Balaban J connectivity index is 2.57. The summed E-state index contributed by atoms with van der Waals surface area (Å²) in [5.41, 5.74) is 0.520. The van der Waals surface area contributed by atoms with Gasteiger partial charge in [-0.3, -0.25) is 4.79 Å². The highest BCUT2D eigenvalue weighted by Gasteiger charge is 2.06. The highest BCUT2D eigenvalue weighted by molar-refractivity contribution is 6.30. The molecule has 15 heavy (non-hydrogen) atoms. The predicted molar refractivity (Wildman–Crippen MR) is 59.6 cm³/mol. The van der Waals surface area contributed by atoms with Gasteiger partial charge in [0.05, 0.1) is 0 Å². The zero-order valence-electron chi connectivity index (χ0n) is 8.72. The van der Waals surface area contributed by atoms with Crippen molar-refractivity contribution in [1.82, 2.24) is 0 Å². The number of rotatable bonds is 5. The van der Waals surface area contributed by atoms with E-state index in [0.717, 1.165) is 6.42 Å². The molecule has 0 aliphatic rings. The molecule has 0 saturated heterocycles. The van der Waals surface area contributed by atoms with Crippen LogP contribution in [0.3, 0.4) is 0 Å². The molecular weight excluding hydrogens is 215 g/mol. The summed E-state index contributed by atoms with van der Waals surface area (Å²) in [6.07, 6.45) is 2.25. The van der Waals surface area contributed by atoms with Crippen LogP contribution in [-0.4, -0.2) is 5.78 Å². The lowest BCUT2D eigenvalue weighted by Crippen LogP contribution is -2.00. The van der Waals surface area contributed by atoms with Gasteiger partial charge in [0.15, 0.2) is 0 Å². The van der Waals surface area contributed by atoms with Gasteiger partial charge < -0.3 is 0 Å². The first-order valence-corrected chi connectivity index (χ1v) is 5.47. The number of hydrogen-bond acceptors (Lipinski definition) is 1. The van der Waals surface area contributed by atoms with Crippen LogP contribution in [0.4, 0.5) is 4.39 Å². The molecule has 0 heterocycles. The summed E-state index contributed by atoms with van der Waals surface area (Å²) in [6, 6.07) is 4.42. The molecule has 3 heteroatoms. The third kappa shape index (κ3) is 4.00. The summed E-state index contributed by atoms with van der Waals surface area (Å²) in [6.45, 7) is 1.96. The second kappa shape index (κ2) is 5.86. The van der Waals surface area contributed by atoms with E-state index >= 15 is 0 Å². The Hall–Kier alpha value is -0.890. The Morgan fingerprint density at radius 3 is 2.80 bits per heavy atom. The number of carbonyl (C=O) groups excluding carboxylic acids is 1. The van der Waals surface area contributed by atoms with Gasteiger partial charge in [-0.2, -0.15) is 0 Å². The quantitative estimate of drug-likeness (QED) is 0.750. The predicted octanol–water partition coefficient (Wildman–Crippen LogP) is 3.78. The van der Waals surface area contributed by atoms with Crippen LogP contribution in [0.2, 0.25) is 5.02 Å². The first-order valence-electron chi connectivity index (χ1n) is 5.09. The fraction of sp³-hybridized carbons (Fsp3) is 0.417. The molecule has 0 spiro atoms. The minimum Gasteiger partial charge on any atom is -0.300 e. The molecule has 0 aliphatic carbocycles. The van der Waals surface area contributed by atoms with E-state index in [1.807, 2.05) is 6.92 Å². The Morgan fingerprint density at radius 1 is 1.40 bits per heavy atom. The third-order valence-corrected chi connectivity index (χ3v) is 2.44. The Bertz CT molecular complexity index is 349. The zero-order valence-corrected chi connectivity index (χ0v) is 9.48. The van der Waals surface area contributed by atoms with Crippen LogP contribution in [0, 0.1) is 5.82 Å². The van der Waals surface area contributed by atoms with Gasteiger partial charge in [0.2, 0.25) is 0 Å². The molecule has 1 aromatic carbocycles. The van der Waals surface area contributed by atoms with Crippen LogP contribution in [0.25, 0.3) is 0 Å². The number of ketones is 1. The van der Waals surface area contributed by atoms with Crippen molar-refractivity contribution < 1.29 is 9.18 Å². The molecule has 0 atom stereocenters. The Kier molecular flexibility index (Phi) is 4.76. The van der Waals surface area contributed by atoms with Crippen LogP contribution in [-0.2, 0) is 11.2 Å². The standard InChI is InChI=1S/C12H14ClFO/c1-2-3-11(15)6-4-9-8-10(13)5-7-12(9)14/h5,7-8H,2-4,6H2,1H3. The Morgan fingerprint density at radius 2 is 2.13 bits per heavy atom. The number of Topliss-reactive ketones (excluding diaryl/α,β-unsaturated/α-hetero) is 1. The maximum atomic E-state index is 13.2. The lowest BCUT2D eigenvalue weighted by Gasteiger charge is -2.03. The SMILES string of the molecule is CCCC(=O)CCc1cc(Cl)ccc1F. The number of benzene rings is 1. The van der Waals surface area contributed by atoms with E-state index in [9.17, 15) is 9.18 Å². The lowest BCUT2D eigenvalue weighted by atomic mass is 10.1. The first kappa shape index (κ1) is 12.2. The summed E-state index contributed by atoms with van der Waals surface area (Å²) >= 11 is 5.74. The highest BCUT2D eigenvalue weighted by Crippen LogP contribution is 2.16. The number of carbonyl (C=O) groups is 1.